The average Bonchev–Trinajstić information content (AvgIpc) is 2.77. The first-order valence-corrected chi connectivity index (χ1v) is 5.89. The molecular formula is C10H14N4OS. The molecule has 0 aliphatic heterocycles. The molecule has 0 atom stereocenters. The van der Waals surface area contributed by atoms with Crippen molar-refractivity contribution < 1.29 is 4.42 Å². The van der Waals surface area contributed by atoms with Crippen LogP contribution in [0.25, 0.3) is 0 Å². The lowest BCUT2D eigenvalue weighted by Crippen LogP contribution is -2.17. The molecule has 0 fully saturated rings. The molecule has 0 aliphatic rings. The van der Waals surface area contributed by atoms with Crippen molar-refractivity contribution in [2.75, 3.05) is 7.05 Å². The highest BCUT2D eigenvalue weighted by Crippen LogP contribution is 2.15. The van der Waals surface area contributed by atoms with Gasteiger partial charge in [-0.1, -0.05) is 0 Å². The second-order valence-electron chi connectivity index (χ2n) is 3.75. The molecule has 2 aromatic heterocycles. The second kappa shape index (κ2) is 4.71. The smallest absolute Gasteiger partial charge is 0.230 e. The Morgan fingerprint density at radius 3 is 2.69 bits per heavy atom. The maximum absolute atomic E-state index is 5.33. The van der Waals surface area contributed by atoms with Gasteiger partial charge in [-0.2, -0.15) is 0 Å². The third-order valence-corrected chi connectivity index (χ3v) is 3.15. The number of nitrogens with zero attached hydrogens (tertiary/aromatic N) is 4. The van der Waals surface area contributed by atoms with E-state index in [4.69, 9.17) is 4.42 Å². The molecule has 2 rings (SSSR count). The largest absolute Gasteiger partial charge is 0.424 e. The molecule has 5 nitrogen and oxygen atoms in total. The average molecular weight is 238 g/mol. The zero-order valence-corrected chi connectivity index (χ0v) is 10.4. The minimum absolute atomic E-state index is 0.609. The summed E-state index contributed by atoms with van der Waals surface area (Å²) in [7, 11) is 2.03. The van der Waals surface area contributed by atoms with Crippen molar-refractivity contribution in [2.45, 2.75) is 26.9 Å². The molecule has 0 bridgehead atoms. The SMILES string of the molecule is Cc1nnc(CN(C)Cc2scnc2C)o1. The van der Waals surface area contributed by atoms with Crippen molar-refractivity contribution in [1.82, 2.24) is 20.1 Å². The van der Waals surface area contributed by atoms with Gasteiger partial charge in [-0.25, -0.2) is 4.98 Å². The van der Waals surface area contributed by atoms with Crippen LogP contribution in [0.1, 0.15) is 22.4 Å². The van der Waals surface area contributed by atoms with Crippen LogP contribution in [0, 0.1) is 13.8 Å². The van der Waals surface area contributed by atoms with E-state index in [1.54, 1.807) is 18.3 Å². The molecule has 0 aliphatic carbocycles. The van der Waals surface area contributed by atoms with Gasteiger partial charge in [0.1, 0.15) is 0 Å². The summed E-state index contributed by atoms with van der Waals surface area (Å²) in [6.45, 7) is 5.34. The molecule has 0 saturated carbocycles. The third-order valence-electron chi connectivity index (χ3n) is 2.23. The fraction of sp³-hybridized carbons (Fsp3) is 0.500. The van der Waals surface area contributed by atoms with E-state index in [0.717, 1.165) is 12.2 Å². The van der Waals surface area contributed by atoms with Gasteiger partial charge in [0.05, 0.1) is 17.7 Å². The first kappa shape index (κ1) is 11.2. The Morgan fingerprint density at radius 2 is 2.12 bits per heavy atom. The molecule has 2 heterocycles. The fourth-order valence-corrected chi connectivity index (χ4v) is 2.27. The number of thiazole rings is 1. The minimum atomic E-state index is 0.609. The Bertz CT molecular complexity index is 465. The molecule has 0 radical (unpaired) electrons. The number of aromatic nitrogens is 3. The number of aryl methyl sites for hydroxylation is 2. The molecule has 16 heavy (non-hydrogen) atoms. The van der Waals surface area contributed by atoms with Crippen LogP contribution in [0.5, 0.6) is 0 Å². The standard InChI is InChI=1S/C10H14N4OS/c1-7-9(16-6-11-7)4-14(3)5-10-13-12-8(2)15-10/h6H,4-5H2,1-3H3. The van der Waals surface area contributed by atoms with E-state index < -0.39 is 0 Å². The normalized spacial score (nSPS) is 11.2. The number of hydrogen-bond acceptors (Lipinski definition) is 6. The molecule has 0 aromatic carbocycles. The lowest BCUT2D eigenvalue weighted by molar-refractivity contribution is 0.280. The Labute approximate surface area is 98.1 Å². The highest BCUT2D eigenvalue weighted by Gasteiger charge is 2.09. The van der Waals surface area contributed by atoms with Crippen molar-refractivity contribution in [3.05, 3.63) is 27.9 Å². The highest BCUT2D eigenvalue weighted by atomic mass is 32.1. The lowest BCUT2D eigenvalue weighted by Gasteiger charge is -2.12. The number of rotatable bonds is 4. The van der Waals surface area contributed by atoms with Gasteiger partial charge in [0.15, 0.2) is 0 Å². The minimum Gasteiger partial charge on any atom is -0.424 e. The molecule has 86 valence electrons. The Hall–Kier alpha value is -1.27. The molecule has 6 heteroatoms. The van der Waals surface area contributed by atoms with Crippen molar-refractivity contribution in [2.24, 2.45) is 0 Å². The van der Waals surface area contributed by atoms with Crippen LogP contribution < -0.4 is 0 Å². The van der Waals surface area contributed by atoms with Gasteiger partial charge < -0.3 is 4.42 Å². The number of hydrogen-bond donors (Lipinski definition) is 0. The first-order chi connectivity index (χ1) is 7.65. The Morgan fingerprint density at radius 1 is 1.31 bits per heavy atom. The van der Waals surface area contributed by atoms with Crippen LogP contribution in [0.3, 0.4) is 0 Å². The van der Waals surface area contributed by atoms with E-state index >= 15 is 0 Å². The van der Waals surface area contributed by atoms with E-state index in [9.17, 15) is 0 Å². The van der Waals surface area contributed by atoms with Gasteiger partial charge in [0, 0.05) is 18.3 Å². The summed E-state index contributed by atoms with van der Waals surface area (Å²) < 4.78 is 5.33. The predicted octanol–water partition coefficient (Wildman–Crippen LogP) is 1.77. The summed E-state index contributed by atoms with van der Waals surface area (Å²) in [5.74, 6) is 1.26. The maximum atomic E-state index is 5.33. The summed E-state index contributed by atoms with van der Waals surface area (Å²) in [6, 6.07) is 0. The molecule has 0 unspecified atom stereocenters. The van der Waals surface area contributed by atoms with Gasteiger partial charge in [-0.3, -0.25) is 4.90 Å². The van der Waals surface area contributed by atoms with E-state index in [1.165, 1.54) is 4.88 Å². The molecule has 0 saturated heterocycles. The third kappa shape index (κ3) is 2.65. The van der Waals surface area contributed by atoms with E-state index in [2.05, 4.69) is 20.1 Å². The summed E-state index contributed by atoms with van der Waals surface area (Å²) in [5, 5.41) is 7.77. The maximum Gasteiger partial charge on any atom is 0.230 e. The van der Waals surface area contributed by atoms with Crippen LogP contribution in [0.2, 0.25) is 0 Å². The van der Waals surface area contributed by atoms with Crippen LogP contribution in [0.15, 0.2) is 9.93 Å². The zero-order valence-electron chi connectivity index (χ0n) is 9.60. The molecule has 2 aromatic rings. The molecule has 0 amide bonds. The summed E-state index contributed by atoms with van der Waals surface area (Å²) in [5.41, 5.74) is 2.97. The van der Waals surface area contributed by atoms with Gasteiger partial charge in [0.25, 0.3) is 0 Å². The Kier molecular flexibility index (Phi) is 3.31. The van der Waals surface area contributed by atoms with Crippen molar-refractivity contribution in [3.8, 4) is 0 Å². The summed E-state index contributed by atoms with van der Waals surface area (Å²) >= 11 is 1.67. The van der Waals surface area contributed by atoms with Crippen LogP contribution in [-0.2, 0) is 13.1 Å². The fourth-order valence-electron chi connectivity index (χ4n) is 1.41. The molecule has 0 spiro atoms. The van der Waals surface area contributed by atoms with Crippen molar-refractivity contribution >= 4 is 11.3 Å². The monoisotopic (exact) mass is 238 g/mol. The predicted molar refractivity (Wildman–Crippen MR) is 61.1 cm³/mol. The highest BCUT2D eigenvalue weighted by molar-refractivity contribution is 7.09. The van der Waals surface area contributed by atoms with E-state index in [-0.39, 0.29) is 0 Å². The van der Waals surface area contributed by atoms with E-state index in [1.807, 2.05) is 19.5 Å². The summed E-state index contributed by atoms with van der Waals surface area (Å²) in [4.78, 5) is 7.63. The van der Waals surface area contributed by atoms with E-state index in [0.29, 0.717) is 18.3 Å². The second-order valence-corrected chi connectivity index (χ2v) is 4.69. The Balaban J connectivity index is 1.94. The van der Waals surface area contributed by atoms with Gasteiger partial charge in [-0.05, 0) is 14.0 Å². The van der Waals surface area contributed by atoms with Gasteiger partial charge in [0.2, 0.25) is 11.8 Å². The quantitative estimate of drug-likeness (QED) is 0.812. The summed E-state index contributed by atoms with van der Waals surface area (Å²) in [6.07, 6.45) is 0. The van der Waals surface area contributed by atoms with Gasteiger partial charge >= 0.3 is 0 Å². The van der Waals surface area contributed by atoms with Crippen LogP contribution in [0.4, 0.5) is 0 Å². The topological polar surface area (TPSA) is 55.1 Å². The van der Waals surface area contributed by atoms with Crippen LogP contribution in [-0.4, -0.2) is 27.1 Å². The van der Waals surface area contributed by atoms with Gasteiger partial charge in [-0.15, -0.1) is 21.5 Å². The zero-order chi connectivity index (χ0) is 11.5. The first-order valence-electron chi connectivity index (χ1n) is 5.01. The van der Waals surface area contributed by atoms with Crippen molar-refractivity contribution in [3.63, 3.8) is 0 Å². The molecule has 0 N–H and O–H groups in total. The van der Waals surface area contributed by atoms with Crippen molar-refractivity contribution in [1.29, 1.82) is 0 Å². The lowest BCUT2D eigenvalue weighted by atomic mass is 10.3. The van der Waals surface area contributed by atoms with Crippen LogP contribution >= 0.6 is 11.3 Å². The molecular weight excluding hydrogens is 224 g/mol.